The third-order valence-electron chi connectivity index (χ3n) is 5.19. The van der Waals surface area contributed by atoms with Gasteiger partial charge in [0.25, 0.3) is 0 Å². The van der Waals surface area contributed by atoms with Crippen molar-refractivity contribution in [2.45, 2.75) is 90.5 Å². The van der Waals surface area contributed by atoms with Crippen molar-refractivity contribution in [3.63, 3.8) is 0 Å². The van der Waals surface area contributed by atoms with Gasteiger partial charge in [-0.05, 0) is 13.3 Å². The summed E-state index contributed by atoms with van der Waals surface area (Å²) in [5.74, 6) is -0.783. The first-order valence-electron chi connectivity index (χ1n) is 11.0. The van der Waals surface area contributed by atoms with Gasteiger partial charge in [0.2, 0.25) is 5.91 Å². The predicted molar refractivity (Wildman–Crippen MR) is 113 cm³/mol. The topological polar surface area (TPSA) is 81.4 Å². The van der Waals surface area contributed by atoms with E-state index in [1.54, 1.807) is 11.8 Å². The normalized spacial score (nSPS) is 12.4. The highest BCUT2D eigenvalue weighted by Gasteiger charge is 2.23. The Morgan fingerprint density at radius 3 is 2.04 bits per heavy atom. The SMILES string of the molecule is CCCCCCCCCCCC(=O)N(CCC[N+](C)(C)CC(=O)O)C(C)C#N. The lowest BCUT2D eigenvalue weighted by molar-refractivity contribution is -0.883. The monoisotopic (exact) mass is 396 g/mol. The van der Waals surface area contributed by atoms with Gasteiger partial charge in [0.1, 0.15) is 6.04 Å². The van der Waals surface area contributed by atoms with E-state index in [0.717, 1.165) is 12.8 Å². The van der Waals surface area contributed by atoms with Crippen LogP contribution in [-0.4, -0.2) is 66.1 Å². The zero-order valence-electron chi connectivity index (χ0n) is 18.6. The van der Waals surface area contributed by atoms with E-state index in [4.69, 9.17) is 5.11 Å². The number of nitrogens with zero attached hydrogens (tertiary/aromatic N) is 3. The molecule has 0 aromatic heterocycles. The molecule has 0 saturated heterocycles. The van der Waals surface area contributed by atoms with E-state index in [-0.39, 0.29) is 12.5 Å². The highest BCUT2D eigenvalue weighted by molar-refractivity contribution is 5.76. The minimum absolute atomic E-state index is 0.0422. The summed E-state index contributed by atoms with van der Waals surface area (Å²) in [6.07, 6.45) is 12.1. The van der Waals surface area contributed by atoms with Crippen molar-refractivity contribution < 1.29 is 19.2 Å². The molecule has 0 rings (SSSR count). The first-order chi connectivity index (χ1) is 13.2. The Kier molecular flexibility index (Phi) is 14.4. The quantitative estimate of drug-likeness (QED) is 0.295. The van der Waals surface area contributed by atoms with Crippen molar-refractivity contribution in [2.75, 3.05) is 33.7 Å². The zero-order chi connectivity index (χ0) is 21.4. The Morgan fingerprint density at radius 2 is 1.54 bits per heavy atom. The van der Waals surface area contributed by atoms with Crippen LogP contribution in [0.3, 0.4) is 0 Å². The molecule has 28 heavy (non-hydrogen) atoms. The molecule has 0 heterocycles. The number of hydrogen-bond donors (Lipinski definition) is 1. The fraction of sp³-hybridized carbons (Fsp3) is 0.864. The summed E-state index contributed by atoms with van der Waals surface area (Å²) >= 11 is 0. The van der Waals surface area contributed by atoms with Crippen molar-refractivity contribution in [2.24, 2.45) is 0 Å². The highest BCUT2D eigenvalue weighted by Crippen LogP contribution is 2.13. The summed E-state index contributed by atoms with van der Waals surface area (Å²) in [6, 6.07) is 1.72. The number of carboxylic acid groups (broad SMARTS) is 1. The Hall–Kier alpha value is -1.61. The maximum absolute atomic E-state index is 12.6. The average molecular weight is 397 g/mol. The van der Waals surface area contributed by atoms with Crippen LogP contribution in [0, 0.1) is 11.3 Å². The molecule has 0 aliphatic heterocycles. The molecule has 6 nitrogen and oxygen atoms in total. The van der Waals surface area contributed by atoms with E-state index < -0.39 is 12.0 Å². The van der Waals surface area contributed by atoms with Crippen LogP contribution < -0.4 is 0 Å². The minimum atomic E-state index is -0.825. The molecular weight excluding hydrogens is 354 g/mol. The van der Waals surface area contributed by atoms with Crippen LogP contribution in [0.5, 0.6) is 0 Å². The molecule has 0 spiro atoms. The second-order valence-corrected chi connectivity index (χ2v) is 8.54. The van der Waals surface area contributed by atoms with Gasteiger partial charge >= 0.3 is 5.97 Å². The van der Waals surface area contributed by atoms with E-state index in [2.05, 4.69) is 13.0 Å². The number of amides is 1. The van der Waals surface area contributed by atoms with Gasteiger partial charge < -0.3 is 14.5 Å². The summed E-state index contributed by atoms with van der Waals surface area (Å²) in [5, 5.41) is 18.2. The second-order valence-electron chi connectivity index (χ2n) is 8.54. The van der Waals surface area contributed by atoms with E-state index in [1.807, 2.05) is 14.1 Å². The molecule has 0 fully saturated rings. The lowest BCUT2D eigenvalue weighted by Gasteiger charge is -2.30. The van der Waals surface area contributed by atoms with Crippen molar-refractivity contribution in [1.29, 1.82) is 5.26 Å². The molecule has 0 bridgehead atoms. The van der Waals surface area contributed by atoms with E-state index in [0.29, 0.717) is 30.4 Å². The minimum Gasteiger partial charge on any atom is -0.477 e. The molecule has 0 radical (unpaired) electrons. The molecule has 1 N–H and O–H groups in total. The largest absolute Gasteiger partial charge is 0.477 e. The summed E-state index contributed by atoms with van der Waals surface area (Å²) in [6.45, 7) is 5.20. The van der Waals surface area contributed by atoms with Gasteiger partial charge in [-0.3, -0.25) is 4.79 Å². The van der Waals surface area contributed by atoms with Crippen LogP contribution in [-0.2, 0) is 9.59 Å². The standard InChI is InChI=1S/C22H41N3O3/c1-5-6-7-8-9-10-11-12-13-15-21(26)24(20(2)18-23)16-14-17-25(3,4)19-22(27)28/h20H,5-17,19H2,1-4H3/p+1. The van der Waals surface area contributed by atoms with Crippen molar-refractivity contribution in [1.82, 2.24) is 4.90 Å². The third-order valence-corrected chi connectivity index (χ3v) is 5.19. The van der Waals surface area contributed by atoms with E-state index in [9.17, 15) is 14.9 Å². The van der Waals surface area contributed by atoms with Crippen molar-refractivity contribution in [3.8, 4) is 6.07 Å². The smallest absolute Gasteiger partial charge is 0.359 e. The molecule has 0 aliphatic carbocycles. The number of carbonyl (C=O) groups is 2. The lowest BCUT2D eigenvalue weighted by atomic mass is 10.1. The molecule has 0 aliphatic rings. The molecule has 0 aromatic carbocycles. The molecular formula is C22H42N3O3+. The maximum Gasteiger partial charge on any atom is 0.359 e. The molecule has 1 amide bonds. The number of aliphatic carboxylic acids is 1. The van der Waals surface area contributed by atoms with Gasteiger partial charge in [-0.2, -0.15) is 5.26 Å². The van der Waals surface area contributed by atoms with E-state index in [1.165, 1.54) is 44.9 Å². The first-order valence-corrected chi connectivity index (χ1v) is 11.0. The van der Waals surface area contributed by atoms with Crippen LogP contribution in [0.2, 0.25) is 0 Å². The van der Waals surface area contributed by atoms with Gasteiger partial charge in [-0.1, -0.05) is 58.3 Å². The summed E-state index contributed by atoms with van der Waals surface area (Å²) in [7, 11) is 3.74. The predicted octanol–water partition coefficient (Wildman–Crippen LogP) is 4.20. The Labute approximate surface area is 172 Å². The molecule has 6 heteroatoms. The van der Waals surface area contributed by atoms with Gasteiger partial charge in [0.15, 0.2) is 6.54 Å². The lowest BCUT2D eigenvalue weighted by Crippen LogP contribution is -2.46. The van der Waals surface area contributed by atoms with Crippen LogP contribution in [0.1, 0.15) is 84.5 Å². The Balaban J connectivity index is 4.17. The maximum atomic E-state index is 12.6. The third kappa shape index (κ3) is 13.5. The number of nitriles is 1. The van der Waals surface area contributed by atoms with Crippen molar-refractivity contribution in [3.05, 3.63) is 0 Å². The summed E-state index contributed by atoms with van der Waals surface area (Å²) in [4.78, 5) is 25.1. The number of hydrogen-bond acceptors (Lipinski definition) is 3. The van der Waals surface area contributed by atoms with Crippen LogP contribution in [0.15, 0.2) is 0 Å². The number of likely N-dealkylation sites (N-methyl/N-ethyl adjacent to an activating group) is 1. The number of rotatable bonds is 17. The van der Waals surface area contributed by atoms with E-state index >= 15 is 0 Å². The average Bonchev–Trinajstić information content (AvgIpc) is 2.62. The molecule has 162 valence electrons. The molecule has 1 atom stereocenters. The van der Waals surface area contributed by atoms with Gasteiger partial charge in [-0.15, -0.1) is 0 Å². The van der Waals surface area contributed by atoms with Gasteiger partial charge in [0.05, 0.1) is 26.7 Å². The van der Waals surface area contributed by atoms with Gasteiger partial charge in [0, 0.05) is 19.4 Å². The Morgan fingerprint density at radius 1 is 1.00 bits per heavy atom. The highest BCUT2D eigenvalue weighted by atomic mass is 16.4. The summed E-state index contributed by atoms with van der Waals surface area (Å²) < 4.78 is 0.372. The molecule has 0 saturated carbocycles. The summed E-state index contributed by atoms with van der Waals surface area (Å²) in [5.41, 5.74) is 0. The van der Waals surface area contributed by atoms with Crippen LogP contribution in [0.4, 0.5) is 0 Å². The second kappa shape index (κ2) is 15.3. The number of unbranched alkanes of at least 4 members (excludes halogenated alkanes) is 8. The number of carboxylic acids is 1. The number of quaternary nitrogens is 1. The van der Waals surface area contributed by atoms with Crippen molar-refractivity contribution >= 4 is 11.9 Å². The molecule has 0 aromatic rings. The zero-order valence-corrected chi connectivity index (χ0v) is 18.6. The van der Waals surface area contributed by atoms with Crippen LogP contribution >= 0.6 is 0 Å². The molecule has 1 unspecified atom stereocenters. The number of carbonyl (C=O) groups excluding carboxylic acids is 1. The van der Waals surface area contributed by atoms with Gasteiger partial charge in [-0.25, -0.2) is 4.79 Å². The first kappa shape index (κ1) is 26.4. The van der Waals surface area contributed by atoms with Crippen LogP contribution in [0.25, 0.3) is 0 Å². The Bertz CT molecular complexity index is 486. The fourth-order valence-corrected chi connectivity index (χ4v) is 3.45. The fourth-order valence-electron chi connectivity index (χ4n) is 3.45.